The lowest BCUT2D eigenvalue weighted by Gasteiger charge is -2.04. The van der Waals surface area contributed by atoms with E-state index >= 15 is 0 Å². The molecule has 6 nitrogen and oxygen atoms in total. The van der Waals surface area contributed by atoms with Crippen molar-refractivity contribution in [1.82, 2.24) is 10.1 Å². The third-order valence-electron chi connectivity index (χ3n) is 2.53. The van der Waals surface area contributed by atoms with Crippen LogP contribution < -0.4 is 11.1 Å². The quantitative estimate of drug-likeness (QED) is 0.900. The number of hydrogen-bond donors (Lipinski definition) is 2. The molecular weight excluding hydrogens is 268 g/mol. The summed E-state index contributed by atoms with van der Waals surface area (Å²) in [6.45, 7) is 3.64. The van der Waals surface area contributed by atoms with E-state index in [9.17, 15) is 4.79 Å². The van der Waals surface area contributed by atoms with Crippen LogP contribution in [0.2, 0.25) is 0 Å². The van der Waals surface area contributed by atoms with E-state index in [0.29, 0.717) is 34.9 Å². The predicted octanol–water partition coefficient (Wildman–Crippen LogP) is 2.20. The highest BCUT2D eigenvalue weighted by Crippen LogP contribution is 2.16. The summed E-state index contributed by atoms with van der Waals surface area (Å²) in [6, 6.07) is 3.31. The molecule has 0 radical (unpaired) electrons. The lowest BCUT2D eigenvalue weighted by atomic mass is 10.1. The second-order valence-electron chi connectivity index (χ2n) is 3.85. The number of carbonyl (C=O) groups is 1. The number of anilines is 2. The monoisotopic (exact) mass is 282 g/mol. The van der Waals surface area contributed by atoms with Crippen molar-refractivity contribution < 1.29 is 9.32 Å². The fraction of sp³-hybridized carbons (Fsp3) is 0.250. The van der Waals surface area contributed by atoms with Crippen LogP contribution in [0.25, 0.3) is 0 Å². The molecule has 2 rings (SSSR count). The molecule has 0 fully saturated rings. The van der Waals surface area contributed by atoms with Gasteiger partial charge in [0, 0.05) is 6.42 Å². The Balaban J connectivity index is 0.00000180. The number of halogens is 1. The van der Waals surface area contributed by atoms with Gasteiger partial charge in [0.05, 0.1) is 17.6 Å². The molecule has 0 bridgehead atoms. The average molecular weight is 283 g/mol. The second kappa shape index (κ2) is 6.19. The molecule has 2 aromatic rings. The smallest absolute Gasteiger partial charge is 0.261 e. The van der Waals surface area contributed by atoms with Gasteiger partial charge in [0.15, 0.2) is 0 Å². The van der Waals surface area contributed by atoms with E-state index in [-0.39, 0.29) is 18.3 Å². The zero-order valence-electron chi connectivity index (χ0n) is 10.6. The maximum absolute atomic E-state index is 12.1. The van der Waals surface area contributed by atoms with Gasteiger partial charge in [0.25, 0.3) is 5.91 Å². The number of carbonyl (C=O) groups excluding carboxylic acids is 1. The Kier molecular flexibility index (Phi) is 4.88. The molecule has 0 saturated heterocycles. The zero-order chi connectivity index (χ0) is 13.1. The number of pyridine rings is 1. The van der Waals surface area contributed by atoms with Gasteiger partial charge >= 0.3 is 0 Å². The summed E-state index contributed by atoms with van der Waals surface area (Å²) in [7, 11) is 0. The standard InChI is InChI=1S/C12H14N4O2.ClH/c1-3-9-11(7(2)16-18-9)12(17)15-8-4-5-10(13)14-6-8;/h4-6H,3H2,1-2H3,(H2,13,14)(H,15,17);1H. The van der Waals surface area contributed by atoms with Crippen molar-refractivity contribution in [2.45, 2.75) is 20.3 Å². The first kappa shape index (κ1) is 15.0. The SMILES string of the molecule is CCc1onc(C)c1C(=O)Nc1ccc(N)nc1.Cl. The minimum atomic E-state index is -0.253. The minimum absolute atomic E-state index is 0. The Morgan fingerprint density at radius 2 is 2.21 bits per heavy atom. The number of aromatic nitrogens is 2. The molecule has 0 spiro atoms. The van der Waals surface area contributed by atoms with Crippen LogP contribution in [0.4, 0.5) is 11.5 Å². The topological polar surface area (TPSA) is 94.0 Å². The molecule has 0 aliphatic carbocycles. The normalized spacial score (nSPS) is 9.79. The highest BCUT2D eigenvalue weighted by Gasteiger charge is 2.19. The third kappa shape index (κ3) is 3.23. The number of nitrogens with one attached hydrogen (secondary N) is 1. The highest BCUT2D eigenvalue weighted by atomic mass is 35.5. The largest absolute Gasteiger partial charge is 0.384 e. The Bertz CT molecular complexity index is 566. The van der Waals surface area contributed by atoms with Gasteiger partial charge in [-0.3, -0.25) is 4.79 Å². The van der Waals surface area contributed by atoms with Gasteiger partial charge in [-0.1, -0.05) is 12.1 Å². The maximum Gasteiger partial charge on any atom is 0.261 e. The number of hydrogen-bond acceptors (Lipinski definition) is 5. The van der Waals surface area contributed by atoms with Crippen LogP contribution in [0.15, 0.2) is 22.9 Å². The first-order valence-electron chi connectivity index (χ1n) is 5.59. The van der Waals surface area contributed by atoms with Crippen molar-refractivity contribution in [3.63, 3.8) is 0 Å². The summed E-state index contributed by atoms with van der Waals surface area (Å²) in [4.78, 5) is 16.0. The van der Waals surface area contributed by atoms with Gasteiger partial charge in [-0.25, -0.2) is 4.98 Å². The van der Waals surface area contributed by atoms with Crippen LogP contribution in [0, 0.1) is 6.92 Å². The number of aryl methyl sites for hydroxylation is 2. The maximum atomic E-state index is 12.1. The van der Waals surface area contributed by atoms with Crippen molar-refractivity contribution in [2.24, 2.45) is 0 Å². The third-order valence-corrected chi connectivity index (χ3v) is 2.53. The van der Waals surface area contributed by atoms with E-state index in [1.54, 1.807) is 19.1 Å². The molecule has 2 heterocycles. The molecule has 7 heteroatoms. The number of rotatable bonds is 3. The predicted molar refractivity (Wildman–Crippen MR) is 74.5 cm³/mol. The molecule has 3 N–H and O–H groups in total. The Morgan fingerprint density at radius 1 is 1.47 bits per heavy atom. The first-order chi connectivity index (χ1) is 8.61. The van der Waals surface area contributed by atoms with E-state index < -0.39 is 0 Å². The van der Waals surface area contributed by atoms with Gasteiger partial charge in [-0.15, -0.1) is 12.4 Å². The summed E-state index contributed by atoms with van der Waals surface area (Å²) in [5.74, 6) is 0.731. The zero-order valence-corrected chi connectivity index (χ0v) is 11.5. The molecule has 0 aliphatic rings. The van der Waals surface area contributed by atoms with Crippen molar-refractivity contribution in [3.8, 4) is 0 Å². The number of nitrogens with two attached hydrogens (primary N) is 1. The first-order valence-corrected chi connectivity index (χ1v) is 5.59. The second-order valence-corrected chi connectivity index (χ2v) is 3.85. The van der Waals surface area contributed by atoms with Crippen molar-refractivity contribution in [1.29, 1.82) is 0 Å². The van der Waals surface area contributed by atoms with Crippen molar-refractivity contribution in [3.05, 3.63) is 35.3 Å². The minimum Gasteiger partial charge on any atom is -0.384 e. The summed E-state index contributed by atoms with van der Waals surface area (Å²) in [5, 5.41) is 6.52. The van der Waals surface area contributed by atoms with E-state index in [0.717, 1.165) is 0 Å². The fourth-order valence-corrected chi connectivity index (χ4v) is 1.62. The molecule has 0 aromatic carbocycles. The van der Waals surface area contributed by atoms with E-state index in [2.05, 4.69) is 15.5 Å². The number of nitrogen functional groups attached to an aromatic ring is 1. The Labute approximate surface area is 116 Å². The molecule has 1 amide bonds. The molecule has 0 atom stereocenters. The molecule has 0 saturated carbocycles. The van der Waals surface area contributed by atoms with Crippen LogP contribution in [0.3, 0.4) is 0 Å². The van der Waals surface area contributed by atoms with Crippen molar-refractivity contribution >= 4 is 29.8 Å². The molecule has 0 unspecified atom stereocenters. The number of amides is 1. The van der Waals surface area contributed by atoms with Gasteiger partial charge in [-0.05, 0) is 19.1 Å². The Morgan fingerprint density at radius 3 is 2.79 bits per heavy atom. The molecule has 0 aliphatic heterocycles. The average Bonchev–Trinajstić information content (AvgIpc) is 2.73. The summed E-state index contributed by atoms with van der Waals surface area (Å²) in [6.07, 6.45) is 2.12. The van der Waals surface area contributed by atoms with Gasteiger partial charge < -0.3 is 15.6 Å². The summed E-state index contributed by atoms with van der Waals surface area (Å²) >= 11 is 0. The highest BCUT2D eigenvalue weighted by molar-refractivity contribution is 6.05. The van der Waals surface area contributed by atoms with Gasteiger partial charge in [0.1, 0.15) is 17.1 Å². The lowest BCUT2D eigenvalue weighted by Crippen LogP contribution is -2.14. The van der Waals surface area contributed by atoms with Crippen LogP contribution in [0.1, 0.15) is 28.7 Å². The summed E-state index contributed by atoms with van der Waals surface area (Å²) in [5.41, 5.74) is 7.11. The molecule has 19 heavy (non-hydrogen) atoms. The van der Waals surface area contributed by atoms with E-state index in [1.165, 1.54) is 6.20 Å². The van der Waals surface area contributed by atoms with Crippen LogP contribution in [0.5, 0.6) is 0 Å². The van der Waals surface area contributed by atoms with Gasteiger partial charge in [-0.2, -0.15) is 0 Å². The number of nitrogens with zero attached hydrogens (tertiary/aromatic N) is 2. The van der Waals surface area contributed by atoms with Crippen LogP contribution in [-0.4, -0.2) is 16.0 Å². The van der Waals surface area contributed by atoms with Crippen LogP contribution >= 0.6 is 12.4 Å². The Hall–Kier alpha value is -2.08. The molecule has 2 aromatic heterocycles. The molecular formula is C12H15ClN4O2. The van der Waals surface area contributed by atoms with Crippen molar-refractivity contribution in [2.75, 3.05) is 11.1 Å². The lowest BCUT2D eigenvalue weighted by molar-refractivity contribution is 0.102. The van der Waals surface area contributed by atoms with E-state index in [1.807, 2.05) is 6.92 Å². The fourth-order valence-electron chi connectivity index (χ4n) is 1.62. The van der Waals surface area contributed by atoms with Crippen LogP contribution in [-0.2, 0) is 6.42 Å². The molecule has 102 valence electrons. The van der Waals surface area contributed by atoms with Gasteiger partial charge in [0.2, 0.25) is 0 Å². The van der Waals surface area contributed by atoms with E-state index in [4.69, 9.17) is 10.3 Å². The summed E-state index contributed by atoms with van der Waals surface area (Å²) < 4.78 is 5.08.